The van der Waals surface area contributed by atoms with E-state index in [1.165, 1.54) is 5.69 Å². The standard InChI is InChI=1S/C15H20N4O/c20-13-3-1-5-15(13)6-2-8-19(10-15)12-4-7-16-14-11(12)9-17-18-14/h4,7,9,13,20H,1-3,5-6,8,10H2,(H,16,17,18)/t13-,15+/m1/s1. The Labute approximate surface area is 118 Å². The van der Waals surface area contributed by atoms with Crippen molar-refractivity contribution in [2.24, 2.45) is 5.41 Å². The van der Waals surface area contributed by atoms with Crippen LogP contribution in [0.3, 0.4) is 0 Å². The van der Waals surface area contributed by atoms with Gasteiger partial charge in [-0.3, -0.25) is 5.10 Å². The first kappa shape index (κ1) is 12.1. The van der Waals surface area contributed by atoms with Crippen molar-refractivity contribution in [3.63, 3.8) is 0 Å². The van der Waals surface area contributed by atoms with Gasteiger partial charge in [0.25, 0.3) is 0 Å². The molecular formula is C15H20N4O. The predicted octanol–water partition coefficient (Wildman–Crippen LogP) is 2.09. The molecule has 106 valence electrons. The van der Waals surface area contributed by atoms with Crippen molar-refractivity contribution in [3.05, 3.63) is 18.5 Å². The fourth-order valence-corrected chi connectivity index (χ4v) is 4.08. The van der Waals surface area contributed by atoms with E-state index >= 15 is 0 Å². The number of pyridine rings is 1. The Morgan fingerprint density at radius 3 is 3.10 bits per heavy atom. The highest BCUT2D eigenvalue weighted by atomic mass is 16.3. The third-order valence-electron chi connectivity index (χ3n) is 5.14. The number of aromatic amines is 1. The number of nitrogens with one attached hydrogen (secondary N) is 1. The van der Waals surface area contributed by atoms with Crippen LogP contribution in [0.1, 0.15) is 32.1 Å². The minimum Gasteiger partial charge on any atom is -0.392 e. The molecule has 2 atom stereocenters. The van der Waals surface area contributed by atoms with Gasteiger partial charge in [0, 0.05) is 24.7 Å². The summed E-state index contributed by atoms with van der Waals surface area (Å²) in [7, 11) is 0. The fraction of sp³-hybridized carbons (Fsp3) is 0.600. The molecule has 1 saturated heterocycles. The van der Waals surface area contributed by atoms with Gasteiger partial charge < -0.3 is 10.0 Å². The summed E-state index contributed by atoms with van der Waals surface area (Å²) < 4.78 is 0. The first-order valence-electron chi connectivity index (χ1n) is 7.50. The first-order chi connectivity index (χ1) is 9.78. The van der Waals surface area contributed by atoms with Crippen molar-refractivity contribution in [1.82, 2.24) is 15.2 Å². The minimum absolute atomic E-state index is 0.109. The molecule has 5 nitrogen and oxygen atoms in total. The zero-order valence-corrected chi connectivity index (χ0v) is 11.5. The van der Waals surface area contributed by atoms with E-state index in [1.807, 2.05) is 12.4 Å². The maximum absolute atomic E-state index is 10.4. The zero-order valence-electron chi connectivity index (χ0n) is 11.5. The lowest BCUT2D eigenvalue weighted by Gasteiger charge is -2.43. The molecule has 0 radical (unpaired) electrons. The second kappa shape index (κ2) is 4.45. The van der Waals surface area contributed by atoms with Gasteiger partial charge in [-0.05, 0) is 31.7 Å². The Morgan fingerprint density at radius 1 is 1.35 bits per heavy atom. The van der Waals surface area contributed by atoms with Gasteiger partial charge in [-0.1, -0.05) is 6.42 Å². The number of aliphatic hydroxyl groups excluding tert-OH is 1. The number of aromatic nitrogens is 3. The number of rotatable bonds is 1. The van der Waals surface area contributed by atoms with Crippen LogP contribution in [0.2, 0.25) is 0 Å². The van der Waals surface area contributed by atoms with Crippen LogP contribution < -0.4 is 4.90 Å². The molecule has 2 aromatic heterocycles. The second-order valence-corrected chi connectivity index (χ2v) is 6.26. The summed E-state index contributed by atoms with van der Waals surface area (Å²) in [4.78, 5) is 6.72. The number of anilines is 1. The molecule has 2 fully saturated rings. The molecule has 3 heterocycles. The third kappa shape index (κ3) is 1.73. The molecule has 2 aliphatic rings. The van der Waals surface area contributed by atoms with E-state index in [1.54, 1.807) is 0 Å². The molecule has 2 N–H and O–H groups in total. The molecular weight excluding hydrogens is 252 g/mol. The highest BCUT2D eigenvalue weighted by molar-refractivity contribution is 5.88. The Balaban J connectivity index is 1.70. The second-order valence-electron chi connectivity index (χ2n) is 6.26. The fourth-order valence-electron chi connectivity index (χ4n) is 4.08. The number of hydrogen-bond donors (Lipinski definition) is 2. The Bertz CT molecular complexity index is 625. The van der Waals surface area contributed by atoms with Gasteiger partial charge >= 0.3 is 0 Å². The lowest BCUT2D eigenvalue weighted by Crippen LogP contribution is -2.47. The van der Waals surface area contributed by atoms with Crippen molar-refractivity contribution in [3.8, 4) is 0 Å². The summed E-state index contributed by atoms with van der Waals surface area (Å²) in [5, 5.41) is 18.5. The molecule has 1 aliphatic heterocycles. The van der Waals surface area contributed by atoms with E-state index < -0.39 is 0 Å². The minimum atomic E-state index is -0.132. The summed E-state index contributed by atoms with van der Waals surface area (Å²) in [6.45, 7) is 2.01. The van der Waals surface area contributed by atoms with Crippen LogP contribution in [-0.4, -0.2) is 39.5 Å². The van der Waals surface area contributed by atoms with E-state index in [0.717, 1.165) is 56.2 Å². The van der Waals surface area contributed by atoms with Gasteiger partial charge in [0.15, 0.2) is 5.65 Å². The van der Waals surface area contributed by atoms with E-state index in [2.05, 4.69) is 26.1 Å². The molecule has 5 heteroatoms. The normalized spacial score (nSPS) is 30.4. The maximum atomic E-state index is 10.4. The van der Waals surface area contributed by atoms with Crippen molar-refractivity contribution >= 4 is 16.7 Å². The number of piperidine rings is 1. The molecule has 1 aliphatic carbocycles. The van der Waals surface area contributed by atoms with Crippen LogP contribution in [0, 0.1) is 5.41 Å². The lowest BCUT2D eigenvalue weighted by molar-refractivity contribution is 0.0410. The van der Waals surface area contributed by atoms with E-state index in [4.69, 9.17) is 0 Å². The van der Waals surface area contributed by atoms with Gasteiger partial charge in [0.1, 0.15) is 0 Å². The predicted molar refractivity (Wildman–Crippen MR) is 77.6 cm³/mol. The number of fused-ring (bicyclic) bond motifs is 1. The maximum Gasteiger partial charge on any atom is 0.157 e. The molecule has 20 heavy (non-hydrogen) atoms. The SMILES string of the molecule is O[C@@H]1CCC[C@@]12CCCN(c1ccnc3[nH]ncc13)C2. The zero-order chi connectivity index (χ0) is 13.6. The van der Waals surface area contributed by atoms with E-state index in [-0.39, 0.29) is 11.5 Å². The summed E-state index contributed by atoms with van der Waals surface area (Å²) in [5.74, 6) is 0. The molecule has 0 aromatic carbocycles. The quantitative estimate of drug-likeness (QED) is 0.834. The third-order valence-corrected chi connectivity index (χ3v) is 5.14. The van der Waals surface area contributed by atoms with E-state index in [9.17, 15) is 5.11 Å². The molecule has 0 unspecified atom stereocenters. The van der Waals surface area contributed by atoms with Crippen molar-refractivity contribution < 1.29 is 5.11 Å². The van der Waals surface area contributed by atoms with Crippen molar-refractivity contribution in [2.45, 2.75) is 38.2 Å². The smallest absolute Gasteiger partial charge is 0.157 e. The summed E-state index contributed by atoms with van der Waals surface area (Å²) >= 11 is 0. The Hall–Kier alpha value is -1.62. The highest BCUT2D eigenvalue weighted by Crippen LogP contribution is 2.46. The van der Waals surface area contributed by atoms with Gasteiger partial charge in [-0.25, -0.2) is 4.98 Å². The Kier molecular flexibility index (Phi) is 2.70. The molecule has 0 bridgehead atoms. The number of hydrogen-bond acceptors (Lipinski definition) is 4. The first-order valence-corrected chi connectivity index (χ1v) is 7.50. The van der Waals surface area contributed by atoms with Crippen LogP contribution in [-0.2, 0) is 0 Å². The molecule has 4 rings (SSSR count). The number of H-pyrrole nitrogens is 1. The molecule has 1 spiro atoms. The number of aliphatic hydroxyl groups is 1. The average Bonchev–Trinajstić information content (AvgIpc) is 3.07. The van der Waals surface area contributed by atoms with Crippen molar-refractivity contribution in [1.29, 1.82) is 0 Å². The summed E-state index contributed by atoms with van der Waals surface area (Å²) in [5.41, 5.74) is 2.15. The van der Waals surface area contributed by atoms with Crippen molar-refractivity contribution in [2.75, 3.05) is 18.0 Å². The molecule has 2 aromatic rings. The monoisotopic (exact) mass is 272 g/mol. The van der Waals surface area contributed by atoms with Gasteiger partial charge in [-0.15, -0.1) is 0 Å². The lowest BCUT2D eigenvalue weighted by atomic mass is 9.76. The van der Waals surface area contributed by atoms with Crippen LogP contribution in [0.25, 0.3) is 11.0 Å². The largest absolute Gasteiger partial charge is 0.392 e. The highest BCUT2D eigenvalue weighted by Gasteiger charge is 2.44. The van der Waals surface area contributed by atoms with Gasteiger partial charge in [-0.2, -0.15) is 5.10 Å². The van der Waals surface area contributed by atoms with Crippen LogP contribution in [0.5, 0.6) is 0 Å². The van der Waals surface area contributed by atoms with Crippen LogP contribution >= 0.6 is 0 Å². The average molecular weight is 272 g/mol. The molecule has 1 saturated carbocycles. The number of nitrogens with zero attached hydrogens (tertiary/aromatic N) is 3. The van der Waals surface area contributed by atoms with Crippen LogP contribution in [0.4, 0.5) is 5.69 Å². The topological polar surface area (TPSA) is 65.0 Å². The van der Waals surface area contributed by atoms with Gasteiger partial charge in [0.2, 0.25) is 0 Å². The Morgan fingerprint density at radius 2 is 2.25 bits per heavy atom. The van der Waals surface area contributed by atoms with Gasteiger partial charge in [0.05, 0.1) is 23.4 Å². The molecule has 0 amide bonds. The van der Waals surface area contributed by atoms with E-state index in [0.29, 0.717) is 0 Å². The summed E-state index contributed by atoms with van der Waals surface area (Å²) in [6, 6.07) is 2.07. The van der Waals surface area contributed by atoms with Crippen LogP contribution in [0.15, 0.2) is 18.5 Å². The summed E-state index contributed by atoms with van der Waals surface area (Å²) in [6.07, 6.45) is 9.14.